The SMILES string of the molecule is CN(Cc1ccc(Cl)s1)C(=O)Nc1cnn(-c2ccccn2)c1. The fraction of sp³-hybridized carbons (Fsp3) is 0.133. The van der Waals surface area contributed by atoms with Crippen LogP contribution < -0.4 is 5.32 Å². The minimum Gasteiger partial charge on any atom is -0.322 e. The van der Waals surface area contributed by atoms with Crippen molar-refractivity contribution in [2.45, 2.75) is 6.54 Å². The van der Waals surface area contributed by atoms with Gasteiger partial charge >= 0.3 is 6.03 Å². The molecule has 0 saturated heterocycles. The van der Waals surface area contributed by atoms with Gasteiger partial charge < -0.3 is 10.2 Å². The first kappa shape index (κ1) is 15.5. The van der Waals surface area contributed by atoms with Crippen molar-refractivity contribution in [1.29, 1.82) is 0 Å². The van der Waals surface area contributed by atoms with Gasteiger partial charge in [0.15, 0.2) is 5.82 Å². The largest absolute Gasteiger partial charge is 0.322 e. The van der Waals surface area contributed by atoms with Crippen LogP contribution in [-0.2, 0) is 6.54 Å². The molecule has 3 heterocycles. The molecule has 0 unspecified atom stereocenters. The minimum atomic E-state index is -0.213. The van der Waals surface area contributed by atoms with Crippen LogP contribution in [0.25, 0.3) is 5.82 Å². The molecule has 3 rings (SSSR count). The monoisotopic (exact) mass is 347 g/mol. The number of thiophene rings is 1. The molecule has 6 nitrogen and oxygen atoms in total. The second-order valence-electron chi connectivity index (χ2n) is 4.85. The fourth-order valence-corrected chi connectivity index (χ4v) is 3.10. The van der Waals surface area contributed by atoms with Crippen LogP contribution in [0.2, 0.25) is 4.34 Å². The summed E-state index contributed by atoms with van der Waals surface area (Å²) in [4.78, 5) is 19.0. The van der Waals surface area contributed by atoms with E-state index < -0.39 is 0 Å². The molecule has 0 aromatic carbocycles. The molecule has 3 aromatic heterocycles. The molecule has 0 spiro atoms. The third kappa shape index (κ3) is 3.88. The average molecular weight is 348 g/mol. The lowest BCUT2D eigenvalue weighted by Gasteiger charge is -2.16. The number of rotatable bonds is 4. The minimum absolute atomic E-state index is 0.213. The van der Waals surface area contributed by atoms with Crippen molar-refractivity contribution in [2.75, 3.05) is 12.4 Å². The van der Waals surface area contributed by atoms with Crippen molar-refractivity contribution >= 4 is 34.7 Å². The third-order valence-corrected chi connectivity index (χ3v) is 4.30. The number of anilines is 1. The maximum atomic E-state index is 12.2. The van der Waals surface area contributed by atoms with Gasteiger partial charge in [0, 0.05) is 18.1 Å². The highest BCUT2D eigenvalue weighted by atomic mass is 35.5. The highest BCUT2D eigenvalue weighted by Gasteiger charge is 2.12. The summed E-state index contributed by atoms with van der Waals surface area (Å²) in [5, 5.41) is 7.00. The maximum absolute atomic E-state index is 12.2. The first-order valence-electron chi connectivity index (χ1n) is 6.84. The highest BCUT2D eigenvalue weighted by Crippen LogP contribution is 2.22. The number of nitrogens with one attached hydrogen (secondary N) is 1. The van der Waals surface area contributed by atoms with Crippen molar-refractivity contribution in [3.8, 4) is 5.82 Å². The van der Waals surface area contributed by atoms with Gasteiger partial charge in [0.25, 0.3) is 0 Å². The van der Waals surface area contributed by atoms with Crippen LogP contribution in [0.3, 0.4) is 0 Å². The van der Waals surface area contributed by atoms with Crippen molar-refractivity contribution in [1.82, 2.24) is 19.7 Å². The van der Waals surface area contributed by atoms with Gasteiger partial charge in [-0.2, -0.15) is 5.10 Å². The lowest BCUT2D eigenvalue weighted by Crippen LogP contribution is -2.30. The van der Waals surface area contributed by atoms with Gasteiger partial charge in [-0.3, -0.25) is 0 Å². The smallest absolute Gasteiger partial charge is 0.322 e. The quantitative estimate of drug-likeness (QED) is 0.783. The van der Waals surface area contributed by atoms with Crippen LogP contribution in [0.1, 0.15) is 4.88 Å². The highest BCUT2D eigenvalue weighted by molar-refractivity contribution is 7.16. The van der Waals surface area contributed by atoms with E-state index in [4.69, 9.17) is 11.6 Å². The van der Waals surface area contributed by atoms with Crippen molar-refractivity contribution in [2.24, 2.45) is 0 Å². The number of amides is 2. The van der Waals surface area contributed by atoms with Gasteiger partial charge in [0.05, 0.1) is 29.0 Å². The second kappa shape index (κ2) is 6.80. The van der Waals surface area contributed by atoms with Gasteiger partial charge in [-0.25, -0.2) is 14.5 Å². The van der Waals surface area contributed by atoms with Crippen LogP contribution in [0, 0.1) is 0 Å². The standard InChI is InChI=1S/C15H14ClN5OS/c1-20(10-12-5-6-13(16)23-12)15(22)19-11-8-18-21(9-11)14-4-2-3-7-17-14/h2-9H,10H2,1H3,(H,19,22). The predicted molar refractivity (Wildman–Crippen MR) is 91.2 cm³/mol. The maximum Gasteiger partial charge on any atom is 0.322 e. The van der Waals surface area contributed by atoms with E-state index in [1.807, 2.05) is 30.3 Å². The Labute approximate surface area is 142 Å². The molecule has 0 aliphatic heterocycles. The van der Waals surface area contributed by atoms with Crippen molar-refractivity contribution in [3.63, 3.8) is 0 Å². The zero-order valence-electron chi connectivity index (χ0n) is 12.3. The summed E-state index contributed by atoms with van der Waals surface area (Å²) >= 11 is 7.36. The molecule has 0 radical (unpaired) electrons. The fourth-order valence-electron chi connectivity index (χ4n) is 1.96. The Morgan fingerprint density at radius 2 is 2.26 bits per heavy atom. The summed E-state index contributed by atoms with van der Waals surface area (Å²) in [5.41, 5.74) is 0.608. The summed E-state index contributed by atoms with van der Waals surface area (Å²) < 4.78 is 2.32. The Morgan fingerprint density at radius 3 is 2.96 bits per heavy atom. The van der Waals surface area contributed by atoms with Crippen LogP contribution in [0.5, 0.6) is 0 Å². The summed E-state index contributed by atoms with van der Waals surface area (Å²) in [6, 6.07) is 9.07. The topological polar surface area (TPSA) is 63.1 Å². The number of halogens is 1. The average Bonchev–Trinajstić information content (AvgIpc) is 3.17. The Bertz CT molecular complexity index is 801. The van der Waals surface area contributed by atoms with E-state index in [9.17, 15) is 4.79 Å². The van der Waals surface area contributed by atoms with Crippen molar-refractivity contribution in [3.05, 3.63) is 58.1 Å². The van der Waals surface area contributed by atoms with Crippen molar-refractivity contribution < 1.29 is 4.79 Å². The number of hydrogen-bond acceptors (Lipinski definition) is 4. The van der Waals surface area contributed by atoms with Crippen LogP contribution in [0.4, 0.5) is 10.5 Å². The molecular formula is C15H14ClN5OS. The molecule has 0 fully saturated rings. The molecular weight excluding hydrogens is 334 g/mol. The summed E-state index contributed by atoms with van der Waals surface area (Å²) in [6.07, 6.45) is 4.99. The van der Waals surface area contributed by atoms with Gasteiger partial charge in [-0.15, -0.1) is 11.3 Å². The predicted octanol–water partition coefficient (Wildman–Crippen LogP) is 3.65. The first-order chi connectivity index (χ1) is 11.1. The number of nitrogens with zero attached hydrogens (tertiary/aromatic N) is 4. The lowest BCUT2D eigenvalue weighted by atomic mass is 10.4. The zero-order chi connectivity index (χ0) is 16.2. The number of hydrogen-bond donors (Lipinski definition) is 1. The molecule has 2 amide bonds. The van der Waals surface area contributed by atoms with E-state index >= 15 is 0 Å². The molecule has 0 bridgehead atoms. The first-order valence-corrected chi connectivity index (χ1v) is 8.03. The second-order valence-corrected chi connectivity index (χ2v) is 6.65. The summed E-state index contributed by atoms with van der Waals surface area (Å²) in [6.45, 7) is 0.498. The van der Waals surface area contributed by atoms with Gasteiger partial charge in [0.2, 0.25) is 0 Å². The van der Waals surface area contributed by atoms with E-state index in [2.05, 4.69) is 15.4 Å². The van der Waals surface area contributed by atoms with E-state index in [-0.39, 0.29) is 6.03 Å². The number of pyridine rings is 1. The number of carbonyl (C=O) groups excluding carboxylic acids is 1. The molecule has 23 heavy (non-hydrogen) atoms. The Balaban J connectivity index is 1.63. The number of carbonyl (C=O) groups is 1. The molecule has 0 saturated carbocycles. The van der Waals surface area contributed by atoms with Crippen LogP contribution in [-0.4, -0.2) is 32.7 Å². The molecule has 118 valence electrons. The lowest BCUT2D eigenvalue weighted by molar-refractivity contribution is 0.221. The molecule has 1 N–H and O–H groups in total. The molecule has 8 heteroatoms. The van der Waals surface area contributed by atoms with Crippen LogP contribution in [0.15, 0.2) is 48.9 Å². The Hall–Kier alpha value is -2.38. The molecule has 0 aliphatic rings. The van der Waals surface area contributed by atoms with E-state index in [1.54, 1.807) is 35.2 Å². The van der Waals surface area contributed by atoms with E-state index in [0.717, 1.165) is 4.88 Å². The Kier molecular flexibility index (Phi) is 4.59. The van der Waals surface area contributed by atoms with E-state index in [1.165, 1.54) is 11.3 Å². The van der Waals surface area contributed by atoms with Gasteiger partial charge in [-0.1, -0.05) is 17.7 Å². The molecule has 3 aromatic rings. The third-order valence-electron chi connectivity index (χ3n) is 3.09. The summed E-state index contributed by atoms with van der Waals surface area (Å²) in [5.74, 6) is 0.689. The molecule has 0 atom stereocenters. The molecule has 0 aliphatic carbocycles. The number of aromatic nitrogens is 3. The normalized spacial score (nSPS) is 10.5. The van der Waals surface area contributed by atoms with Crippen LogP contribution >= 0.6 is 22.9 Å². The van der Waals surface area contributed by atoms with Gasteiger partial charge in [0.1, 0.15) is 0 Å². The van der Waals surface area contributed by atoms with E-state index in [0.29, 0.717) is 22.4 Å². The van der Waals surface area contributed by atoms with Gasteiger partial charge in [-0.05, 0) is 24.3 Å². The summed E-state index contributed by atoms with van der Waals surface area (Å²) in [7, 11) is 1.73. The zero-order valence-corrected chi connectivity index (χ0v) is 13.9. The Morgan fingerprint density at radius 1 is 1.39 bits per heavy atom. The number of urea groups is 1.